The van der Waals surface area contributed by atoms with Crippen molar-refractivity contribution in [2.75, 3.05) is 0 Å². The van der Waals surface area contributed by atoms with Crippen molar-refractivity contribution in [3.63, 3.8) is 0 Å². The van der Waals surface area contributed by atoms with Crippen molar-refractivity contribution in [1.82, 2.24) is 15.0 Å². The molecule has 0 bridgehead atoms. The monoisotopic (exact) mass is 491 g/mol. The van der Waals surface area contributed by atoms with Crippen molar-refractivity contribution in [2.24, 2.45) is 0 Å². The Kier molecular flexibility index (Phi) is 11.2. The summed E-state index contributed by atoms with van der Waals surface area (Å²) in [6.45, 7) is 8.96. The van der Waals surface area contributed by atoms with Crippen molar-refractivity contribution in [3.8, 4) is 22.8 Å². The first-order valence-electron chi connectivity index (χ1n) is 13.7. The van der Waals surface area contributed by atoms with E-state index in [1.165, 1.54) is 73.6 Å². The van der Waals surface area contributed by atoms with Crippen molar-refractivity contribution in [1.29, 1.82) is 0 Å². The van der Waals surface area contributed by atoms with E-state index >= 15 is 0 Å². The molecule has 0 N–H and O–H groups in total. The van der Waals surface area contributed by atoms with Gasteiger partial charge < -0.3 is 0 Å². The van der Waals surface area contributed by atoms with Gasteiger partial charge in [-0.2, -0.15) is 9.97 Å². The highest BCUT2D eigenvalue weighted by Gasteiger charge is 2.13. The summed E-state index contributed by atoms with van der Waals surface area (Å²) >= 11 is 6.48. The van der Waals surface area contributed by atoms with Crippen LogP contribution in [0.15, 0.2) is 36.4 Å². The zero-order valence-electron chi connectivity index (χ0n) is 22.2. The fourth-order valence-electron chi connectivity index (χ4n) is 4.49. The number of aromatic nitrogens is 3. The second kappa shape index (κ2) is 14.3. The van der Waals surface area contributed by atoms with Crippen molar-refractivity contribution < 1.29 is 0 Å². The number of benzene rings is 2. The van der Waals surface area contributed by atoms with E-state index in [4.69, 9.17) is 16.6 Å². The lowest BCUT2D eigenvalue weighted by Gasteiger charge is -2.12. The number of hydrogen-bond acceptors (Lipinski definition) is 3. The molecule has 0 aliphatic rings. The normalized spacial score (nSPS) is 11.2. The molecule has 0 saturated heterocycles. The fourth-order valence-corrected chi connectivity index (χ4v) is 4.65. The molecule has 0 radical (unpaired) electrons. The summed E-state index contributed by atoms with van der Waals surface area (Å²) in [5, 5.41) is 0.258. The van der Waals surface area contributed by atoms with Crippen LogP contribution in [-0.2, 0) is 25.7 Å². The summed E-state index contributed by atoms with van der Waals surface area (Å²) in [6.07, 6.45) is 13.8. The Morgan fingerprint density at radius 2 is 0.800 bits per heavy atom. The Balaban J connectivity index is 2.03. The summed E-state index contributed by atoms with van der Waals surface area (Å²) in [7, 11) is 0. The van der Waals surface area contributed by atoms with Crippen LogP contribution in [0.25, 0.3) is 22.8 Å². The van der Waals surface area contributed by atoms with Crippen LogP contribution in [0.3, 0.4) is 0 Å². The molecule has 1 heterocycles. The first-order chi connectivity index (χ1) is 17.1. The zero-order chi connectivity index (χ0) is 25.0. The molecule has 0 fully saturated rings. The SMILES string of the molecule is CCCCc1cc(CCCC)cc(-c2nc(Cl)nc(-c3cc(CCCC)cc(CCCC)c3)n2)c1. The van der Waals surface area contributed by atoms with Gasteiger partial charge in [-0.3, -0.25) is 0 Å². The van der Waals surface area contributed by atoms with Gasteiger partial charge >= 0.3 is 0 Å². The van der Waals surface area contributed by atoms with Crippen LogP contribution >= 0.6 is 11.6 Å². The van der Waals surface area contributed by atoms with E-state index in [1.807, 2.05) is 0 Å². The average molecular weight is 492 g/mol. The molecule has 0 amide bonds. The second-order valence-electron chi connectivity index (χ2n) is 9.74. The van der Waals surface area contributed by atoms with Gasteiger partial charge in [0.2, 0.25) is 5.28 Å². The molecule has 4 heteroatoms. The lowest BCUT2D eigenvalue weighted by atomic mass is 9.97. The van der Waals surface area contributed by atoms with Crippen LogP contribution in [0.1, 0.15) is 101 Å². The average Bonchev–Trinajstić information content (AvgIpc) is 2.87. The number of rotatable bonds is 14. The maximum atomic E-state index is 6.48. The topological polar surface area (TPSA) is 38.7 Å². The van der Waals surface area contributed by atoms with Gasteiger partial charge in [-0.15, -0.1) is 0 Å². The summed E-state index contributed by atoms with van der Waals surface area (Å²) in [6, 6.07) is 13.7. The molecular formula is C31H42ClN3. The van der Waals surface area contributed by atoms with Gasteiger partial charge in [-0.1, -0.05) is 65.5 Å². The lowest BCUT2D eigenvalue weighted by molar-refractivity contribution is 0.780. The van der Waals surface area contributed by atoms with Gasteiger partial charge in [0.15, 0.2) is 11.6 Å². The van der Waals surface area contributed by atoms with Crippen LogP contribution < -0.4 is 0 Å². The maximum absolute atomic E-state index is 6.48. The van der Waals surface area contributed by atoms with Crippen LogP contribution in [0, 0.1) is 0 Å². The Morgan fingerprint density at radius 1 is 0.486 bits per heavy atom. The smallest absolute Gasteiger partial charge is 0.208 e. The van der Waals surface area contributed by atoms with E-state index in [0.717, 1.165) is 36.8 Å². The van der Waals surface area contributed by atoms with Crippen molar-refractivity contribution >= 4 is 11.6 Å². The van der Waals surface area contributed by atoms with Gasteiger partial charge in [-0.25, -0.2) is 4.98 Å². The molecule has 3 nitrogen and oxygen atoms in total. The number of unbranched alkanes of at least 4 members (excludes halogenated alkanes) is 4. The summed E-state index contributed by atoms with van der Waals surface area (Å²) < 4.78 is 0. The molecule has 3 rings (SSSR count). The molecule has 2 aromatic carbocycles. The molecule has 0 saturated carbocycles. The molecule has 0 aliphatic carbocycles. The minimum Gasteiger partial charge on any atom is -0.208 e. The first kappa shape index (κ1) is 27.3. The predicted octanol–water partition coefficient (Wildman–Crippen LogP) is 9.23. The molecule has 0 aliphatic heterocycles. The van der Waals surface area contributed by atoms with Gasteiger partial charge in [0.25, 0.3) is 0 Å². The number of nitrogens with zero attached hydrogens (tertiary/aromatic N) is 3. The molecule has 3 aromatic rings. The highest BCUT2D eigenvalue weighted by atomic mass is 35.5. The van der Waals surface area contributed by atoms with E-state index in [0.29, 0.717) is 11.6 Å². The van der Waals surface area contributed by atoms with E-state index in [1.54, 1.807) is 0 Å². The third-order valence-electron chi connectivity index (χ3n) is 6.51. The minimum absolute atomic E-state index is 0.258. The fraction of sp³-hybridized carbons (Fsp3) is 0.516. The number of aryl methyl sites for hydroxylation is 4. The summed E-state index contributed by atoms with van der Waals surface area (Å²) in [5.41, 5.74) is 7.52. The van der Waals surface area contributed by atoms with Crippen molar-refractivity contribution in [3.05, 3.63) is 63.9 Å². The highest BCUT2D eigenvalue weighted by Crippen LogP contribution is 2.27. The van der Waals surface area contributed by atoms with E-state index in [9.17, 15) is 0 Å². The number of halogens is 1. The molecule has 35 heavy (non-hydrogen) atoms. The molecule has 188 valence electrons. The van der Waals surface area contributed by atoms with Crippen LogP contribution in [0.5, 0.6) is 0 Å². The maximum Gasteiger partial charge on any atom is 0.226 e. The predicted molar refractivity (Wildman–Crippen MR) is 150 cm³/mol. The Bertz CT molecular complexity index is 943. The lowest BCUT2D eigenvalue weighted by Crippen LogP contribution is -2.01. The van der Waals surface area contributed by atoms with E-state index < -0.39 is 0 Å². The van der Waals surface area contributed by atoms with Crippen LogP contribution in [-0.4, -0.2) is 15.0 Å². The highest BCUT2D eigenvalue weighted by molar-refractivity contribution is 6.28. The van der Waals surface area contributed by atoms with Gasteiger partial charge in [0.1, 0.15) is 0 Å². The molecular weight excluding hydrogens is 450 g/mol. The van der Waals surface area contributed by atoms with Crippen LogP contribution in [0.2, 0.25) is 5.28 Å². The third kappa shape index (κ3) is 8.42. The van der Waals surface area contributed by atoms with E-state index in [2.05, 4.69) is 74.1 Å². The van der Waals surface area contributed by atoms with Crippen LogP contribution in [0.4, 0.5) is 0 Å². The molecule has 0 spiro atoms. The molecule has 0 atom stereocenters. The van der Waals surface area contributed by atoms with E-state index in [-0.39, 0.29) is 5.28 Å². The van der Waals surface area contributed by atoms with Gasteiger partial charge in [0.05, 0.1) is 0 Å². The molecule has 0 unspecified atom stereocenters. The summed E-state index contributed by atoms with van der Waals surface area (Å²) in [4.78, 5) is 14.1. The quantitative estimate of drug-likeness (QED) is 0.225. The third-order valence-corrected chi connectivity index (χ3v) is 6.67. The summed E-state index contributed by atoms with van der Waals surface area (Å²) in [5.74, 6) is 1.34. The molecule has 1 aromatic heterocycles. The Morgan fingerprint density at radius 3 is 1.09 bits per heavy atom. The zero-order valence-corrected chi connectivity index (χ0v) is 22.9. The van der Waals surface area contributed by atoms with Gasteiger partial charge in [0, 0.05) is 11.1 Å². The van der Waals surface area contributed by atoms with Gasteiger partial charge in [-0.05, 0) is 109 Å². The Hall–Kier alpha value is -2.26. The first-order valence-corrected chi connectivity index (χ1v) is 14.1. The second-order valence-corrected chi connectivity index (χ2v) is 10.1. The van der Waals surface area contributed by atoms with Crippen molar-refractivity contribution in [2.45, 2.75) is 105 Å². The largest absolute Gasteiger partial charge is 0.226 e. The Labute approximate surface area is 217 Å². The minimum atomic E-state index is 0.258. The number of hydrogen-bond donors (Lipinski definition) is 0. The standard InChI is InChI=1S/C31H42ClN3/c1-5-9-13-23-17-24(14-10-6-2)20-27(19-23)29-33-30(35-31(32)34-29)28-21-25(15-11-7-3)18-26(22-28)16-12-8-4/h17-22H,5-16H2,1-4H3.